The molecule has 0 fully saturated rings. The predicted octanol–water partition coefficient (Wildman–Crippen LogP) is 3.65. The molecule has 2 amide bonds. The van der Waals surface area contributed by atoms with Crippen LogP contribution in [-0.4, -0.2) is 24.1 Å². The Bertz CT molecular complexity index is 351. The van der Waals surface area contributed by atoms with Crippen LogP contribution in [0, 0.1) is 6.92 Å². The highest BCUT2D eigenvalue weighted by molar-refractivity contribution is 7.99. The number of benzene rings is 1. The summed E-state index contributed by atoms with van der Waals surface area (Å²) in [6.45, 7) is 4.93. The molecule has 0 radical (unpaired) electrons. The van der Waals surface area contributed by atoms with Gasteiger partial charge < -0.3 is 10.6 Å². The maximum absolute atomic E-state index is 11.6. The largest absolute Gasteiger partial charge is 0.337 e. The number of hydrogen-bond donors (Lipinski definition) is 2. The van der Waals surface area contributed by atoms with Crippen molar-refractivity contribution >= 4 is 23.5 Å². The molecular weight excluding hydrogens is 244 g/mol. The van der Waals surface area contributed by atoms with Crippen LogP contribution in [0.3, 0.4) is 0 Å². The van der Waals surface area contributed by atoms with Crippen LogP contribution in [0.5, 0.6) is 0 Å². The van der Waals surface area contributed by atoms with Gasteiger partial charge in [-0.25, -0.2) is 4.79 Å². The molecule has 0 aliphatic heterocycles. The first-order valence-corrected chi connectivity index (χ1v) is 7.57. The van der Waals surface area contributed by atoms with E-state index >= 15 is 0 Å². The van der Waals surface area contributed by atoms with Crippen LogP contribution < -0.4 is 10.6 Å². The second-order valence-corrected chi connectivity index (χ2v) is 5.44. The number of aryl methyl sites for hydroxylation is 1. The van der Waals surface area contributed by atoms with E-state index in [1.165, 1.54) is 24.2 Å². The predicted molar refractivity (Wildman–Crippen MR) is 80.4 cm³/mol. The SMILES string of the molecule is CCCCSCCNC(=O)Nc1ccc(C)cc1. The summed E-state index contributed by atoms with van der Waals surface area (Å²) < 4.78 is 0. The van der Waals surface area contributed by atoms with Crippen LogP contribution >= 0.6 is 11.8 Å². The van der Waals surface area contributed by atoms with Gasteiger partial charge in [0.2, 0.25) is 0 Å². The molecule has 2 N–H and O–H groups in total. The van der Waals surface area contributed by atoms with Crippen LogP contribution in [-0.2, 0) is 0 Å². The number of anilines is 1. The Morgan fingerprint density at radius 2 is 1.94 bits per heavy atom. The van der Waals surface area contributed by atoms with Crippen LogP contribution in [0.1, 0.15) is 25.3 Å². The van der Waals surface area contributed by atoms with Crippen LogP contribution in [0.2, 0.25) is 0 Å². The second kappa shape index (κ2) is 8.86. The van der Waals surface area contributed by atoms with Gasteiger partial charge in [0.1, 0.15) is 0 Å². The Kier molecular flexibility index (Phi) is 7.34. The van der Waals surface area contributed by atoms with E-state index in [0.717, 1.165) is 11.4 Å². The minimum absolute atomic E-state index is 0.130. The highest BCUT2D eigenvalue weighted by atomic mass is 32.2. The molecule has 0 atom stereocenters. The lowest BCUT2D eigenvalue weighted by Gasteiger charge is -2.07. The molecule has 1 aromatic carbocycles. The molecule has 1 aromatic rings. The number of amides is 2. The van der Waals surface area contributed by atoms with Gasteiger partial charge in [-0.15, -0.1) is 0 Å². The zero-order valence-electron chi connectivity index (χ0n) is 11.2. The zero-order valence-corrected chi connectivity index (χ0v) is 12.0. The minimum Gasteiger partial charge on any atom is -0.337 e. The Morgan fingerprint density at radius 3 is 2.61 bits per heavy atom. The quantitative estimate of drug-likeness (QED) is 0.740. The fraction of sp³-hybridized carbons (Fsp3) is 0.500. The van der Waals surface area contributed by atoms with Gasteiger partial charge >= 0.3 is 6.03 Å². The third-order valence-corrected chi connectivity index (χ3v) is 3.55. The van der Waals surface area contributed by atoms with E-state index in [-0.39, 0.29) is 6.03 Å². The highest BCUT2D eigenvalue weighted by Crippen LogP contribution is 2.08. The van der Waals surface area contributed by atoms with Crippen molar-refractivity contribution in [3.63, 3.8) is 0 Å². The van der Waals surface area contributed by atoms with Crippen molar-refractivity contribution in [1.82, 2.24) is 5.32 Å². The molecule has 0 heterocycles. The molecule has 1 rings (SSSR count). The summed E-state index contributed by atoms with van der Waals surface area (Å²) in [5.74, 6) is 2.15. The molecule has 100 valence electrons. The van der Waals surface area contributed by atoms with Crippen molar-refractivity contribution in [3.8, 4) is 0 Å². The summed E-state index contributed by atoms with van der Waals surface area (Å²) in [6.07, 6.45) is 2.48. The summed E-state index contributed by atoms with van der Waals surface area (Å²) in [6, 6.07) is 7.65. The average molecular weight is 266 g/mol. The molecule has 0 bridgehead atoms. The van der Waals surface area contributed by atoms with E-state index in [1.54, 1.807) is 0 Å². The van der Waals surface area contributed by atoms with E-state index in [4.69, 9.17) is 0 Å². The number of hydrogen-bond acceptors (Lipinski definition) is 2. The molecule has 0 aromatic heterocycles. The normalized spacial score (nSPS) is 10.1. The van der Waals surface area contributed by atoms with Gasteiger partial charge in [-0.1, -0.05) is 31.0 Å². The molecule has 0 aliphatic rings. The van der Waals surface area contributed by atoms with Crippen LogP contribution in [0.15, 0.2) is 24.3 Å². The molecule has 4 heteroatoms. The fourth-order valence-corrected chi connectivity index (χ4v) is 2.34. The van der Waals surface area contributed by atoms with Gasteiger partial charge in [0.15, 0.2) is 0 Å². The van der Waals surface area contributed by atoms with Gasteiger partial charge in [0.05, 0.1) is 0 Å². The number of carbonyl (C=O) groups excluding carboxylic acids is 1. The Labute approximate surface area is 114 Å². The van der Waals surface area contributed by atoms with Gasteiger partial charge in [-0.3, -0.25) is 0 Å². The van der Waals surface area contributed by atoms with Gasteiger partial charge in [-0.2, -0.15) is 11.8 Å². The van der Waals surface area contributed by atoms with Gasteiger partial charge in [0.25, 0.3) is 0 Å². The summed E-state index contributed by atoms with van der Waals surface area (Å²) in [7, 11) is 0. The Morgan fingerprint density at radius 1 is 1.22 bits per heavy atom. The molecule has 0 spiro atoms. The first-order chi connectivity index (χ1) is 8.72. The number of urea groups is 1. The van der Waals surface area contributed by atoms with E-state index < -0.39 is 0 Å². The lowest BCUT2D eigenvalue weighted by Crippen LogP contribution is -2.30. The summed E-state index contributed by atoms with van der Waals surface area (Å²) in [4.78, 5) is 11.6. The van der Waals surface area contributed by atoms with Crippen molar-refractivity contribution in [2.45, 2.75) is 26.7 Å². The summed E-state index contributed by atoms with van der Waals surface area (Å²) in [5.41, 5.74) is 2.02. The van der Waals surface area contributed by atoms with Crippen molar-refractivity contribution < 1.29 is 4.79 Å². The van der Waals surface area contributed by atoms with Crippen molar-refractivity contribution in [1.29, 1.82) is 0 Å². The van der Waals surface area contributed by atoms with Crippen molar-refractivity contribution in [2.24, 2.45) is 0 Å². The standard InChI is InChI=1S/C14H22N2OS/c1-3-4-10-18-11-9-15-14(17)16-13-7-5-12(2)6-8-13/h5-8H,3-4,9-11H2,1-2H3,(H2,15,16,17). The molecule has 18 heavy (non-hydrogen) atoms. The van der Waals surface area contributed by atoms with Gasteiger partial charge in [-0.05, 0) is 31.2 Å². The lowest BCUT2D eigenvalue weighted by molar-refractivity contribution is 0.252. The third kappa shape index (κ3) is 6.55. The lowest BCUT2D eigenvalue weighted by atomic mass is 10.2. The molecular formula is C14H22N2OS. The fourth-order valence-electron chi connectivity index (χ4n) is 1.40. The van der Waals surface area contributed by atoms with Crippen molar-refractivity contribution in [2.75, 3.05) is 23.4 Å². The minimum atomic E-state index is -0.130. The average Bonchev–Trinajstić information content (AvgIpc) is 2.36. The number of rotatable bonds is 7. The smallest absolute Gasteiger partial charge is 0.319 e. The number of carbonyl (C=O) groups is 1. The topological polar surface area (TPSA) is 41.1 Å². The third-order valence-electron chi connectivity index (χ3n) is 2.48. The molecule has 0 aliphatic carbocycles. The van der Waals surface area contributed by atoms with Crippen LogP contribution in [0.4, 0.5) is 10.5 Å². The van der Waals surface area contributed by atoms with E-state index in [9.17, 15) is 4.79 Å². The summed E-state index contributed by atoms with van der Waals surface area (Å²) >= 11 is 1.89. The second-order valence-electron chi connectivity index (χ2n) is 4.21. The molecule has 0 unspecified atom stereocenters. The van der Waals surface area contributed by atoms with Gasteiger partial charge in [0, 0.05) is 18.0 Å². The number of thioether (sulfide) groups is 1. The maximum Gasteiger partial charge on any atom is 0.319 e. The van der Waals surface area contributed by atoms with E-state index in [1.807, 2.05) is 43.0 Å². The van der Waals surface area contributed by atoms with E-state index in [2.05, 4.69) is 17.6 Å². The van der Waals surface area contributed by atoms with Crippen molar-refractivity contribution in [3.05, 3.63) is 29.8 Å². The van der Waals surface area contributed by atoms with E-state index in [0.29, 0.717) is 6.54 Å². The molecule has 0 saturated heterocycles. The first kappa shape index (κ1) is 14.9. The Hall–Kier alpha value is -1.16. The van der Waals surface area contributed by atoms with Crippen LogP contribution in [0.25, 0.3) is 0 Å². The number of unbranched alkanes of at least 4 members (excludes halogenated alkanes) is 1. The number of nitrogens with one attached hydrogen (secondary N) is 2. The maximum atomic E-state index is 11.6. The Balaban J connectivity index is 2.12. The first-order valence-electron chi connectivity index (χ1n) is 6.41. The molecule has 3 nitrogen and oxygen atoms in total. The monoisotopic (exact) mass is 266 g/mol. The highest BCUT2D eigenvalue weighted by Gasteiger charge is 2.00. The zero-order chi connectivity index (χ0) is 13.2. The molecule has 0 saturated carbocycles. The summed E-state index contributed by atoms with van der Waals surface area (Å²) in [5, 5.41) is 5.66.